The fourth-order valence-corrected chi connectivity index (χ4v) is 3.28. The summed E-state index contributed by atoms with van der Waals surface area (Å²) >= 11 is 3.46. The summed E-state index contributed by atoms with van der Waals surface area (Å²) in [6, 6.07) is 11.7. The molecular weight excluding hydrogens is 432 g/mol. The first-order valence-corrected chi connectivity index (χ1v) is 10.6. The minimum Gasteiger partial charge on any atom is -0.483 e. The van der Waals surface area contributed by atoms with Gasteiger partial charge in [0.05, 0.1) is 4.90 Å². The lowest BCUT2D eigenvalue weighted by Gasteiger charge is -2.23. The Bertz CT molecular complexity index is 920. The Morgan fingerprint density at radius 3 is 2.33 bits per heavy atom. The van der Waals surface area contributed by atoms with Crippen molar-refractivity contribution in [2.75, 3.05) is 6.61 Å². The summed E-state index contributed by atoms with van der Waals surface area (Å²) in [7, 11) is -3.72. The van der Waals surface area contributed by atoms with Gasteiger partial charge in [-0.15, -0.1) is 0 Å². The first-order valence-electron chi connectivity index (χ1n) is 8.28. The molecule has 0 radical (unpaired) electrons. The Morgan fingerprint density at radius 2 is 1.78 bits per heavy atom. The molecule has 2 aromatic rings. The quantitative estimate of drug-likeness (QED) is 0.700. The van der Waals surface area contributed by atoms with E-state index < -0.39 is 10.0 Å². The summed E-state index contributed by atoms with van der Waals surface area (Å²) < 4.78 is 29.1. The Balaban J connectivity index is 1.94. The molecule has 0 aliphatic rings. The summed E-state index contributed by atoms with van der Waals surface area (Å²) in [5, 5.41) is 7.80. The third-order valence-electron chi connectivity index (χ3n) is 3.85. The fourth-order valence-electron chi connectivity index (χ4n) is 2.41. The van der Waals surface area contributed by atoms with Gasteiger partial charge < -0.3 is 10.1 Å². The van der Waals surface area contributed by atoms with Crippen LogP contribution in [0.5, 0.6) is 5.75 Å². The van der Waals surface area contributed by atoms with Crippen molar-refractivity contribution in [3.05, 3.63) is 58.1 Å². The molecule has 0 heterocycles. The third kappa shape index (κ3) is 6.34. The number of ether oxygens (including phenoxy) is 1. The van der Waals surface area contributed by atoms with Crippen LogP contribution in [0.15, 0.2) is 51.8 Å². The maximum atomic E-state index is 12.1. The zero-order valence-corrected chi connectivity index (χ0v) is 17.9. The largest absolute Gasteiger partial charge is 0.483 e. The molecule has 0 aromatic heterocycles. The Hall–Kier alpha value is -1.90. The highest BCUT2D eigenvalue weighted by atomic mass is 79.9. The van der Waals surface area contributed by atoms with E-state index in [-0.39, 0.29) is 29.4 Å². The van der Waals surface area contributed by atoms with Gasteiger partial charge in [0.1, 0.15) is 5.75 Å². The van der Waals surface area contributed by atoms with Crippen molar-refractivity contribution in [1.29, 1.82) is 0 Å². The van der Waals surface area contributed by atoms with Gasteiger partial charge in [0.25, 0.3) is 5.91 Å². The van der Waals surface area contributed by atoms with E-state index in [1.165, 1.54) is 12.1 Å². The van der Waals surface area contributed by atoms with Crippen molar-refractivity contribution in [3.8, 4) is 5.75 Å². The van der Waals surface area contributed by atoms with Crippen molar-refractivity contribution in [2.24, 2.45) is 5.14 Å². The number of hydrogen-bond donors (Lipinski definition) is 2. The van der Waals surface area contributed by atoms with Crippen molar-refractivity contribution < 1.29 is 17.9 Å². The van der Waals surface area contributed by atoms with Crippen molar-refractivity contribution in [1.82, 2.24) is 5.32 Å². The molecule has 1 amide bonds. The zero-order valence-electron chi connectivity index (χ0n) is 15.5. The molecule has 0 atom stereocenters. The average molecular weight is 455 g/mol. The van der Waals surface area contributed by atoms with Gasteiger partial charge in [-0.05, 0) is 41.3 Å². The maximum Gasteiger partial charge on any atom is 0.258 e. The van der Waals surface area contributed by atoms with Gasteiger partial charge in [-0.2, -0.15) is 0 Å². The van der Waals surface area contributed by atoms with E-state index in [4.69, 9.17) is 9.88 Å². The molecule has 6 nitrogen and oxygen atoms in total. The van der Waals surface area contributed by atoms with Gasteiger partial charge in [-0.25, -0.2) is 13.6 Å². The van der Waals surface area contributed by atoms with Gasteiger partial charge in [-0.3, -0.25) is 4.79 Å². The predicted molar refractivity (Wildman–Crippen MR) is 108 cm³/mol. The van der Waals surface area contributed by atoms with E-state index in [0.29, 0.717) is 5.75 Å². The van der Waals surface area contributed by atoms with Crippen LogP contribution < -0.4 is 15.2 Å². The average Bonchev–Trinajstić information content (AvgIpc) is 2.57. The Labute approximate surface area is 168 Å². The second-order valence-electron chi connectivity index (χ2n) is 7.14. The molecule has 27 heavy (non-hydrogen) atoms. The van der Waals surface area contributed by atoms with Crippen molar-refractivity contribution >= 4 is 31.9 Å². The van der Waals surface area contributed by atoms with Crippen LogP contribution in [-0.2, 0) is 26.8 Å². The molecule has 0 aliphatic heterocycles. The lowest BCUT2D eigenvalue weighted by molar-refractivity contribution is -0.123. The topological polar surface area (TPSA) is 98.5 Å². The van der Waals surface area contributed by atoms with Crippen molar-refractivity contribution in [3.63, 3.8) is 0 Å². The van der Waals surface area contributed by atoms with Crippen LogP contribution in [0.3, 0.4) is 0 Å². The summed E-state index contributed by atoms with van der Waals surface area (Å²) in [6.07, 6.45) is 0. The molecular formula is C19H23BrN2O4S. The number of carbonyl (C=O) groups is 1. The van der Waals surface area contributed by atoms with E-state index in [1.807, 2.05) is 18.2 Å². The highest BCUT2D eigenvalue weighted by molar-refractivity contribution is 9.10. The molecule has 0 unspecified atom stereocenters. The Morgan fingerprint density at radius 1 is 1.15 bits per heavy atom. The van der Waals surface area contributed by atoms with Crippen LogP contribution in [0.25, 0.3) is 0 Å². The molecule has 3 N–H and O–H groups in total. The first-order chi connectivity index (χ1) is 12.5. The number of benzene rings is 2. The zero-order chi connectivity index (χ0) is 20.2. The van der Waals surface area contributed by atoms with Crippen molar-refractivity contribution in [2.45, 2.75) is 37.6 Å². The molecule has 0 saturated carbocycles. The summed E-state index contributed by atoms with van der Waals surface area (Å²) in [5.74, 6) is 0.395. The third-order valence-corrected chi connectivity index (χ3v) is 5.27. The number of sulfonamides is 1. The standard InChI is InChI=1S/C19H23BrN2O4S/c1-19(2,3)16-10-14(20)6-9-17(16)26-12-18(23)22-11-13-4-7-15(8-5-13)27(21,24)25/h4-10H,11-12H2,1-3H3,(H,22,23)(H2,21,24,25). The van der Waals surface area contributed by atoms with Crippen LogP contribution >= 0.6 is 15.9 Å². The second kappa shape index (κ2) is 8.41. The molecule has 146 valence electrons. The van der Waals surface area contributed by atoms with Crippen LogP contribution in [0.1, 0.15) is 31.9 Å². The number of rotatable bonds is 6. The van der Waals surface area contributed by atoms with Crippen LogP contribution in [0, 0.1) is 0 Å². The molecule has 8 heteroatoms. The fraction of sp³-hybridized carbons (Fsp3) is 0.316. The van der Waals surface area contributed by atoms with E-state index in [1.54, 1.807) is 12.1 Å². The number of nitrogens with two attached hydrogens (primary N) is 1. The van der Waals surface area contributed by atoms with Gasteiger partial charge in [0, 0.05) is 16.6 Å². The van der Waals surface area contributed by atoms with Crippen LogP contribution in [0.4, 0.5) is 0 Å². The minimum atomic E-state index is -3.72. The van der Waals surface area contributed by atoms with E-state index in [2.05, 4.69) is 42.0 Å². The van der Waals surface area contributed by atoms with E-state index in [0.717, 1.165) is 15.6 Å². The Kier molecular flexibility index (Phi) is 6.67. The van der Waals surface area contributed by atoms with Gasteiger partial charge in [-0.1, -0.05) is 48.8 Å². The summed E-state index contributed by atoms with van der Waals surface area (Å²) in [6.45, 7) is 6.38. The monoisotopic (exact) mass is 454 g/mol. The van der Waals surface area contributed by atoms with E-state index in [9.17, 15) is 13.2 Å². The van der Waals surface area contributed by atoms with Crippen LogP contribution in [-0.4, -0.2) is 20.9 Å². The predicted octanol–water partition coefficient (Wildman–Crippen LogP) is 3.09. The molecule has 2 rings (SSSR count). The molecule has 0 saturated heterocycles. The lowest BCUT2D eigenvalue weighted by atomic mass is 9.86. The lowest BCUT2D eigenvalue weighted by Crippen LogP contribution is -2.29. The van der Waals surface area contributed by atoms with E-state index >= 15 is 0 Å². The highest BCUT2D eigenvalue weighted by Gasteiger charge is 2.20. The molecule has 0 spiro atoms. The minimum absolute atomic E-state index is 0.0332. The maximum absolute atomic E-state index is 12.1. The van der Waals surface area contributed by atoms with Gasteiger partial charge >= 0.3 is 0 Å². The summed E-state index contributed by atoms with van der Waals surface area (Å²) in [5.41, 5.74) is 1.64. The summed E-state index contributed by atoms with van der Waals surface area (Å²) in [4.78, 5) is 12.1. The SMILES string of the molecule is CC(C)(C)c1cc(Br)ccc1OCC(=O)NCc1ccc(S(N)(=O)=O)cc1. The number of halogens is 1. The number of amides is 1. The van der Waals surface area contributed by atoms with Gasteiger partial charge in [0.15, 0.2) is 6.61 Å². The number of nitrogens with one attached hydrogen (secondary N) is 1. The number of primary sulfonamides is 1. The van der Waals surface area contributed by atoms with Crippen LogP contribution in [0.2, 0.25) is 0 Å². The van der Waals surface area contributed by atoms with Gasteiger partial charge in [0.2, 0.25) is 10.0 Å². The molecule has 0 bridgehead atoms. The molecule has 0 aliphatic carbocycles. The smallest absolute Gasteiger partial charge is 0.258 e. The normalized spacial score (nSPS) is 11.9. The molecule has 2 aromatic carbocycles. The highest BCUT2D eigenvalue weighted by Crippen LogP contribution is 2.33. The molecule has 0 fully saturated rings. The first kappa shape index (κ1) is 21.4. The number of carbonyl (C=O) groups excluding carboxylic acids is 1. The number of hydrogen-bond acceptors (Lipinski definition) is 4. The second-order valence-corrected chi connectivity index (χ2v) is 9.62.